The van der Waals surface area contributed by atoms with Gasteiger partial charge in [0.1, 0.15) is 0 Å². The number of hydrogen-bond donors (Lipinski definition) is 1. The van der Waals surface area contributed by atoms with Crippen LogP contribution in [-0.2, 0) is 16.2 Å². The van der Waals surface area contributed by atoms with Gasteiger partial charge in [-0.25, -0.2) is 8.42 Å². The van der Waals surface area contributed by atoms with Gasteiger partial charge in [0, 0.05) is 24.3 Å². The van der Waals surface area contributed by atoms with Crippen LogP contribution in [0.5, 0.6) is 0 Å². The minimum absolute atomic E-state index is 0.227. The summed E-state index contributed by atoms with van der Waals surface area (Å²) in [5.74, 6) is 0.839. The topological polar surface area (TPSA) is 75.2 Å². The molecule has 6 nitrogen and oxygen atoms in total. The van der Waals surface area contributed by atoms with Gasteiger partial charge in [-0.05, 0) is 55.3 Å². The van der Waals surface area contributed by atoms with Crippen molar-refractivity contribution in [1.29, 1.82) is 0 Å². The zero-order valence-corrected chi connectivity index (χ0v) is 18.5. The number of hydrogen-bond acceptors (Lipinski definition) is 5. The standard InChI is InChI=1S/C23H23F3N4O2S/c24-23(25,26)18-6-5-7-20(16-18)33(31,32)29-19-10-8-17(9-11-19)21-12-13-22(28-27-21)30-14-3-1-2-4-15-30/h5-13,16,29H,1-4,14-15H2. The summed E-state index contributed by atoms with van der Waals surface area (Å²) in [6.45, 7) is 1.93. The number of benzene rings is 2. The minimum atomic E-state index is -4.63. The maximum atomic E-state index is 12.9. The van der Waals surface area contributed by atoms with Crippen molar-refractivity contribution in [2.24, 2.45) is 0 Å². The fraction of sp³-hybridized carbons (Fsp3) is 0.304. The summed E-state index contributed by atoms with van der Waals surface area (Å²) in [6.07, 6.45) is 0.108. The zero-order valence-electron chi connectivity index (χ0n) is 17.7. The van der Waals surface area contributed by atoms with Crippen LogP contribution in [0, 0.1) is 0 Å². The number of halogens is 3. The van der Waals surface area contributed by atoms with Crippen LogP contribution in [0.2, 0.25) is 0 Å². The molecule has 1 aliphatic rings. The number of nitrogens with zero attached hydrogens (tertiary/aromatic N) is 3. The molecule has 1 N–H and O–H groups in total. The van der Waals surface area contributed by atoms with E-state index < -0.39 is 26.7 Å². The molecule has 1 aromatic heterocycles. The first-order valence-corrected chi connectivity index (χ1v) is 12.1. The van der Waals surface area contributed by atoms with E-state index in [-0.39, 0.29) is 5.69 Å². The van der Waals surface area contributed by atoms with Crippen molar-refractivity contribution in [2.45, 2.75) is 36.8 Å². The van der Waals surface area contributed by atoms with Crippen molar-refractivity contribution in [1.82, 2.24) is 10.2 Å². The Morgan fingerprint density at radius 1 is 0.848 bits per heavy atom. The molecule has 1 fully saturated rings. The molecule has 0 radical (unpaired) electrons. The number of sulfonamides is 1. The highest BCUT2D eigenvalue weighted by molar-refractivity contribution is 7.92. The molecular formula is C23H23F3N4O2S. The minimum Gasteiger partial charge on any atom is -0.355 e. The zero-order chi connectivity index (χ0) is 23.5. The molecule has 1 aliphatic heterocycles. The molecule has 3 aromatic rings. The smallest absolute Gasteiger partial charge is 0.355 e. The van der Waals surface area contributed by atoms with Crippen LogP contribution in [0.25, 0.3) is 11.3 Å². The van der Waals surface area contributed by atoms with Crippen molar-refractivity contribution in [2.75, 3.05) is 22.7 Å². The lowest BCUT2D eigenvalue weighted by molar-refractivity contribution is -0.137. The lowest BCUT2D eigenvalue weighted by Gasteiger charge is -2.20. The Morgan fingerprint density at radius 2 is 1.55 bits per heavy atom. The Hall–Kier alpha value is -3.14. The van der Waals surface area contributed by atoms with Gasteiger partial charge in [-0.3, -0.25) is 4.72 Å². The predicted molar refractivity (Wildman–Crippen MR) is 120 cm³/mol. The molecule has 4 rings (SSSR count). The first-order chi connectivity index (χ1) is 15.7. The second-order valence-electron chi connectivity index (χ2n) is 7.89. The fourth-order valence-electron chi connectivity index (χ4n) is 3.71. The number of anilines is 2. The SMILES string of the molecule is O=S(=O)(Nc1ccc(-c2ccc(N3CCCCCC3)nn2)cc1)c1cccc(C(F)(F)F)c1. The lowest BCUT2D eigenvalue weighted by atomic mass is 10.1. The maximum Gasteiger partial charge on any atom is 0.416 e. The average Bonchev–Trinajstić information content (AvgIpc) is 3.09. The molecule has 174 valence electrons. The number of alkyl halides is 3. The Morgan fingerprint density at radius 3 is 2.15 bits per heavy atom. The van der Waals surface area contributed by atoms with Crippen LogP contribution in [0.15, 0.2) is 65.6 Å². The lowest BCUT2D eigenvalue weighted by Crippen LogP contribution is -2.25. The van der Waals surface area contributed by atoms with Gasteiger partial charge >= 0.3 is 6.18 Å². The van der Waals surface area contributed by atoms with E-state index in [0.29, 0.717) is 11.8 Å². The third kappa shape index (κ3) is 5.62. The predicted octanol–water partition coefficient (Wildman–Crippen LogP) is 5.34. The summed E-state index contributed by atoms with van der Waals surface area (Å²) in [5, 5.41) is 8.64. The van der Waals surface area contributed by atoms with Gasteiger partial charge < -0.3 is 4.90 Å². The first kappa shape index (κ1) is 23.0. The number of nitrogens with one attached hydrogen (secondary N) is 1. The van der Waals surface area contributed by atoms with Gasteiger partial charge in [0.05, 0.1) is 16.2 Å². The van der Waals surface area contributed by atoms with Crippen LogP contribution in [0.4, 0.5) is 24.7 Å². The van der Waals surface area contributed by atoms with Gasteiger partial charge in [0.2, 0.25) is 0 Å². The molecule has 0 unspecified atom stereocenters. The largest absolute Gasteiger partial charge is 0.416 e. The Kier molecular flexibility index (Phi) is 6.55. The van der Waals surface area contributed by atoms with E-state index >= 15 is 0 Å². The molecule has 0 bridgehead atoms. The van der Waals surface area contributed by atoms with E-state index in [4.69, 9.17) is 0 Å². The normalized spacial score (nSPS) is 15.2. The molecular weight excluding hydrogens is 453 g/mol. The summed E-state index contributed by atoms with van der Waals surface area (Å²) in [7, 11) is -4.18. The molecule has 0 aliphatic carbocycles. The Bertz CT molecular complexity index is 1190. The highest BCUT2D eigenvalue weighted by Crippen LogP contribution is 2.31. The van der Waals surface area contributed by atoms with Crippen molar-refractivity contribution >= 4 is 21.5 Å². The third-order valence-corrected chi connectivity index (χ3v) is 6.86. The first-order valence-electron chi connectivity index (χ1n) is 10.6. The van der Waals surface area contributed by atoms with E-state index in [1.54, 1.807) is 12.1 Å². The summed E-state index contributed by atoms with van der Waals surface area (Å²) in [4.78, 5) is 1.77. The van der Waals surface area contributed by atoms with Crippen LogP contribution < -0.4 is 9.62 Å². The molecule has 1 saturated heterocycles. The molecule has 0 saturated carbocycles. The molecule has 0 atom stereocenters. The molecule has 2 aromatic carbocycles. The summed E-state index contributed by atoms with van der Waals surface area (Å²) in [5.41, 5.74) is 0.584. The monoisotopic (exact) mass is 476 g/mol. The third-order valence-electron chi connectivity index (χ3n) is 5.49. The van der Waals surface area contributed by atoms with Gasteiger partial charge in [0.15, 0.2) is 5.82 Å². The highest BCUT2D eigenvalue weighted by Gasteiger charge is 2.31. The fourth-order valence-corrected chi connectivity index (χ4v) is 4.81. The molecule has 2 heterocycles. The van der Waals surface area contributed by atoms with Crippen LogP contribution in [-0.4, -0.2) is 31.7 Å². The van der Waals surface area contributed by atoms with Crippen LogP contribution in [0.3, 0.4) is 0 Å². The molecule has 0 amide bonds. The second kappa shape index (κ2) is 9.38. The molecule has 33 heavy (non-hydrogen) atoms. The van der Waals surface area contributed by atoms with E-state index in [0.717, 1.165) is 55.5 Å². The summed E-state index contributed by atoms with van der Waals surface area (Å²) >= 11 is 0. The van der Waals surface area contributed by atoms with Crippen molar-refractivity contribution < 1.29 is 21.6 Å². The maximum absolute atomic E-state index is 12.9. The van der Waals surface area contributed by atoms with Crippen LogP contribution in [0.1, 0.15) is 31.2 Å². The average molecular weight is 477 g/mol. The van der Waals surface area contributed by atoms with E-state index in [9.17, 15) is 21.6 Å². The number of rotatable bonds is 5. The highest BCUT2D eigenvalue weighted by atomic mass is 32.2. The quantitative estimate of drug-likeness (QED) is 0.538. The molecule has 10 heteroatoms. The van der Waals surface area contributed by atoms with E-state index in [1.807, 2.05) is 12.1 Å². The second-order valence-corrected chi connectivity index (χ2v) is 9.57. The van der Waals surface area contributed by atoms with Gasteiger partial charge in [-0.1, -0.05) is 31.0 Å². The Balaban J connectivity index is 1.47. The summed E-state index contributed by atoms with van der Waals surface area (Å²) < 4.78 is 66.1. The van der Waals surface area contributed by atoms with Gasteiger partial charge in [-0.15, -0.1) is 10.2 Å². The molecule has 0 spiro atoms. The number of aromatic nitrogens is 2. The van der Waals surface area contributed by atoms with E-state index in [2.05, 4.69) is 19.8 Å². The summed E-state index contributed by atoms with van der Waals surface area (Å²) in [6, 6.07) is 13.8. The van der Waals surface area contributed by atoms with Crippen LogP contribution >= 0.6 is 0 Å². The van der Waals surface area contributed by atoms with Gasteiger partial charge in [0.25, 0.3) is 10.0 Å². The van der Waals surface area contributed by atoms with Crippen molar-refractivity contribution in [3.63, 3.8) is 0 Å². The van der Waals surface area contributed by atoms with Gasteiger partial charge in [-0.2, -0.15) is 13.2 Å². The van der Waals surface area contributed by atoms with Crippen molar-refractivity contribution in [3.05, 3.63) is 66.2 Å². The Labute approximate surface area is 190 Å². The van der Waals surface area contributed by atoms with E-state index in [1.165, 1.54) is 25.0 Å². The van der Waals surface area contributed by atoms with Crippen molar-refractivity contribution in [3.8, 4) is 11.3 Å².